The van der Waals surface area contributed by atoms with Gasteiger partial charge in [0.05, 0.1) is 11.5 Å². The van der Waals surface area contributed by atoms with E-state index in [9.17, 15) is 14.9 Å². The fourth-order valence-electron chi connectivity index (χ4n) is 2.62. The number of unbranched alkanes of at least 4 members (excludes halogenated alkanes) is 3. The lowest BCUT2D eigenvalue weighted by molar-refractivity contribution is -0.385. The summed E-state index contributed by atoms with van der Waals surface area (Å²) in [7, 11) is 0. The third-order valence-corrected chi connectivity index (χ3v) is 4.26. The Bertz CT molecular complexity index is 810. The summed E-state index contributed by atoms with van der Waals surface area (Å²) >= 11 is 0. The molecule has 0 unspecified atom stereocenters. The number of allylic oxidation sites excluding steroid dienone is 1. The van der Waals surface area contributed by atoms with Crippen molar-refractivity contribution in [2.45, 2.75) is 39.5 Å². The molecule has 0 aliphatic carbocycles. The topological polar surface area (TPSA) is 69.4 Å². The first-order valence-electron chi connectivity index (χ1n) is 9.21. The van der Waals surface area contributed by atoms with E-state index >= 15 is 0 Å². The number of ether oxygens (including phenoxy) is 1. The third-order valence-electron chi connectivity index (χ3n) is 4.26. The van der Waals surface area contributed by atoms with Crippen molar-refractivity contribution in [2.75, 3.05) is 6.61 Å². The number of ketones is 1. The number of nitro groups is 1. The van der Waals surface area contributed by atoms with Crippen LogP contribution in [0.15, 0.2) is 48.5 Å². The maximum absolute atomic E-state index is 12.3. The van der Waals surface area contributed by atoms with Gasteiger partial charge in [-0.1, -0.05) is 56.5 Å². The van der Waals surface area contributed by atoms with Crippen molar-refractivity contribution in [3.05, 3.63) is 75.3 Å². The molecule has 0 heterocycles. The average molecular weight is 367 g/mol. The molecule has 0 N–H and O–H groups in total. The summed E-state index contributed by atoms with van der Waals surface area (Å²) in [5.74, 6) is 0.540. The van der Waals surface area contributed by atoms with Crippen LogP contribution in [0, 0.1) is 17.0 Å². The van der Waals surface area contributed by atoms with Crippen molar-refractivity contribution < 1.29 is 14.5 Å². The van der Waals surface area contributed by atoms with Crippen LogP contribution < -0.4 is 4.74 Å². The van der Waals surface area contributed by atoms with E-state index < -0.39 is 4.92 Å². The Balaban J connectivity index is 1.94. The van der Waals surface area contributed by atoms with E-state index in [1.807, 2.05) is 24.3 Å². The smallest absolute Gasteiger partial charge is 0.273 e. The second kappa shape index (κ2) is 10.3. The molecule has 0 saturated carbocycles. The molecule has 5 heteroatoms. The minimum Gasteiger partial charge on any atom is -0.494 e. The van der Waals surface area contributed by atoms with E-state index in [0.717, 1.165) is 17.7 Å². The zero-order valence-electron chi connectivity index (χ0n) is 15.8. The number of benzene rings is 2. The Kier molecular flexibility index (Phi) is 7.74. The zero-order valence-corrected chi connectivity index (χ0v) is 15.8. The van der Waals surface area contributed by atoms with E-state index in [0.29, 0.717) is 17.7 Å². The van der Waals surface area contributed by atoms with Gasteiger partial charge in [-0.3, -0.25) is 14.9 Å². The van der Waals surface area contributed by atoms with Gasteiger partial charge in [-0.15, -0.1) is 0 Å². The number of nitro benzene ring substituents is 1. The molecule has 27 heavy (non-hydrogen) atoms. The molecule has 142 valence electrons. The largest absolute Gasteiger partial charge is 0.494 e. The summed E-state index contributed by atoms with van der Waals surface area (Å²) in [6, 6.07) is 12.0. The van der Waals surface area contributed by atoms with Crippen molar-refractivity contribution >= 4 is 17.5 Å². The summed E-state index contributed by atoms with van der Waals surface area (Å²) in [5, 5.41) is 11.0. The predicted molar refractivity (Wildman–Crippen MR) is 107 cm³/mol. The highest BCUT2D eigenvalue weighted by Gasteiger charge is 2.13. The van der Waals surface area contributed by atoms with Crippen molar-refractivity contribution in [3.8, 4) is 5.75 Å². The van der Waals surface area contributed by atoms with Crippen LogP contribution in [0.1, 0.15) is 54.1 Å². The van der Waals surface area contributed by atoms with Crippen LogP contribution in [0.25, 0.3) is 6.08 Å². The molecule has 0 radical (unpaired) electrons. The molecule has 0 aliphatic heterocycles. The van der Waals surface area contributed by atoms with Crippen molar-refractivity contribution in [1.82, 2.24) is 0 Å². The van der Waals surface area contributed by atoms with Crippen LogP contribution in [0.2, 0.25) is 0 Å². The number of hydrogen-bond acceptors (Lipinski definition) is 4. The van der Waals surface area contributed by atoms with Gasteiger partial charge in [0, 0.05) is 17.2 Å². The van der Waals surface area contributed by atoms with E-state index in [-0.39, 0.29) is 11.5 Å². The van der Waals surface area contributed by atoms with Crippen molar-refractivity contribution in [1.29, 1.82) is 0 Å². The quantitative estimate of drug-likeness (QED) is 0.176. The summed E-state index contributed by atoms with van der Waals surface area (Å²) in [6.45, 7) is 4.54. The van der Waals surface area contributed by atoms with Crippen LogP contribution in [0.3, 0.4) is 0 Å². The Hall–Kier alpha value is -2.95. The van der Waals surface area contributed by atoms with Crippen molar-refractivity contribution in [2.24, 2.45) is 0 Å². The van der Waals surface area contributed by atoms with E-state index in [2.05, 4.69) is 6.92 Å². The highest BCUT2D eigenvalue weighted by atomic mass is 16.6. The lowest BCUT2D eigenvalue weighted by atomic mass is 10.1. The third kappa shape index (κ3) is 6.37. The maximum atomic E-state index is 12.3. The first-order chi connectivity index (χ1) is 13.0. The molecule has 0 saturated heterocycles. The Labute approximate surface area is 159 Å². The highest BCUT2D eigenvalue weighted by molar-refractivity contribution is 6.07. The van der Waals surface area contributed by atoms with Gasteiger partial charge in [0.2, 0.25) is 0 Å². The van der Waals surface area contributed by atoms with Crippen LogP contribution in [0.5, 0.6) is 5.75 Å². The molecule has 0 fully saturated rings. The van der Waals surface area contributed by atoms with E-state index in [4.69, 9.17) is 4.74 Å². The number of carbonyl (C=O) groups is 1. The predicted octanol–water partition coefficient (Wildman–Crippen LogP) is 5.76. The Morgan fingerprint density at radius 2 is 1.85 bits per heavy atom. The number of aryl methyl sites for hydroxylation is 1. The van der Waals surface area contributed by atoms with Gasteiger partial charge in [0.1, 0.15) is 5.75 Å². The molecule has 0 aromatic heterocycles. The molecular weight excluding hydrogens is 342 g/mol. The lowest BCUT2D eigenvalue weighted by Crippen LogP contribution is -1.98. The first-order valence-corrected chi connectivity index (χ1v) is 9.21. The van der Waals surface area contributed by atoms with Crippen LogP contribution in [-0.4, -0.2) is 17.3 Å². The second-order valence-corrected chi connectivity index (χ2v) is 6.43. The molecule has 2 aromatic carbocycles. The van der Waals surface area contributed by atoms with E-state index in [1.54, 1.807) is 25.1 Å². The first kappa shape index (κ1) is 20.4. The normalized spacial score (nSPS) is 10.9. The summed E-state index contributed by atoms with van der Waals surface area (Å²) in [4.78, 5) is 22.8. The van der Waals surface area contributed by atoms with Gasteiger partial charge >= 0.3 is 0 Å². The summed E-state index contributed by atoms with van der Waals surface area (Å²) in [5.41, 5.74) is 1.65. The molecule has 2 aromatic rings. The van der Waals surface area contributed by atoms with Gasteiger partial charge in [-0.2, -0.15) is 0 Å². The average Bonchev–Trinajstić information content (AvgIpc) is 2.67. The molecular formula is C22H25NO4. The summed E-state index contributed by atoms with van der Waals surface area (Å²) in [6.07, 6.45) is 7.78. The maximum Gasteiger partial charge on any atom is 0.273 e. The monoisotopic (exact) mass is 367 g/mol. The van der Waals surface area contributed by atoms with E-state index in [1.165, 1.54) is 31.4 Å². The van der Waals surface area contributed by atoms with Crippen molar-refractivity contribution in [3.63, 3.8) is 0 Å². The Morgan fingerprint density at radius 1 is 1.11 bits per heavy atom. The van der Waals surface area contributed by atoms with Gasteiger partial charge < -0.3 is 4.74 Å². The summed E-state index contributed by atoms with van der Waals surface area (Å²) < 4.78 is 5.69. The number of hydrogen-bond donors (Lipinski definition) is 0. The number of nitrogens with zero attached hydrogens (tertiary/aromatic N) is 1. The molecule has 0 bridgehead atoms. The fourth-order valence-corrected chi connectivity index (χ4v) is 2.62. The fraction of sp³-hybridized carbons (Fsp3) is 0.318. The zero-order chi connectivity index (χ0) is 19.6. The van der Waals surface area contributed by atoms with Crippen LogP contribution in [0.4, 0.5) is 5.69 Å². The van der Waals surface area contributed by atoms with Gasteiger partial charge in [-0.05, 0) is 37.1 Å². The van der Waals surface area contributed by atoms with Gasteiger partial charge in [-0.25, -0.2) is 0 Å². The van der Waals surface area contributed by atoms with Crippen LogP contribution in [-0.2, 0) is 0 Å². The van der Waals surface area contributed by atoms with Gasteiger partial charge in [0.15, 0.2) is 5.78 Å². The lowest BCUT2D eigenvalue weighted by Gasteiger charge is -2.06. The standard InChI is InChI=1S/C22H25NO4/c1-3-4-5-6-15-27-20-12-8-18(9-13-20)10-14-22(24)19-11-7-17(2)21(16-19)23(25)26/h7-14,16H,3-6,15H2,1-2H3/b14-10+. The molecule has 0 aliphatic rings. The SMILES string of the molecule is CCCCCCOc1ccc(/C=C/C(=O)c2ccc(C)c([N+](=O)[O-])c2)cc1. The molecule has 2 rings (SSSR count). The Morgan fingerprint density at radius 3 is 2.52 bits per heavy atom. The highest BCUT2D eigenvalue weighted by Crippen LogP contribution is 2.20. The molecule has 0 spiro atoms. The van der Waals surface area contributed by atoms with Gasteiger partial charge in [0.25, 0.3) is 5.69 Å². The molecule has 0 atom stereocenters. The second-order valence-electron chi connectivity index (χ2n) is 6.43. The molecule has 0 amide bonds. The number of carbonyl (C=O) groups excluding carboxylic acids is 1. The minimum atomic E-state index is -0.475. The van der Waals surface area contributed by atoms with Crippen LogP contribution >= 0.6 is 0 Å². The minimum absolute atomic E-state index is 0.0466. The molecule has 5 nitrogen and oxygen atoms in total. The number of rotatable bonds is 10.